The van der Waals surface area contributed by atoms with Crippen molar-refractivity contribution in [1.82, 2.24) is 10.2 Å². The van der Waals surface area contributed by atoms with Gasteiger partial charge in [0.2, 0.25) is 5.91 Å². The molecule has 0 unspecified atom stereocenters. The molecule has 0 aliphatic carbocycles. The van der Waals surface area contributed by atoms with E-state index in [9.17, 15) is 19.5 Å². The van der Waals surface area contributed by atoms with Crippen LogP contribution in [0, 0.1) is 0 Å². The molecule has 2 amide bonds. The topological polar surface area (TPSA) is 86.7 Å². The fourth-order valence-electron chi connectivity index (χ4n) is 3.00. The summed E-state index contributed by atoms with van der Waals surface area (Å²) >= 11 is 3.07. The van der Waals surface area contributed by atoms with Crippen molar-refractivity contribution in [2.45, 2.75) is 23.9 Å². The van der Waals surface area contributed by atoms with Gasteiger partial charge in [-0.25, -0.2) is 4.79 Å². The Morgan fingerprint density at radius 2 is 2.21 bits per heavy atom. The van der Waals surface area contributed by atoms with E-state index in [1.807, 2.05) is 24.5 Å². The van der Waals surface area contributed by atoms with E-state index in [-0.39, 0.29) is 17.2 Å². The van der Waals surface area contributed by atoms with Gasteiger partial charge in [0, 0.05) is 11.3 Å². The van der Waals surface area contributed by atoms with Gasteiger partial charge in [-0.3, -0.25) is 9.59 Å². The SMILES string of the molecule is CSCC[C@@H](NC(=O)[C@H]1CS[C@@H]2c3ccccc3C(=O)N12)C(=O)O. The third kappa shape index (κ3) is 3.00. The van der Waals surface area contributed by atoms with Crippen molar-refractivity contribution in [1.29, 1.82) is 0 Å². The number of carbonyl (C=O) groups excluding carboxylic acids is 2. The van der Waals surface area contributed by atoms with Crippen molar-refractivity contribution in [2.24, 2.45) is 0 Å². The van der Waals surface area contributed by atoms with E-state index in [0.717, 1.165) is 5.56 Å². The minimum Gasteiger partial charge on any atom is -0.480 e. The summed E-state index contributed by atoms with van der Waals surface area (Å²) in [5, 5.41) is 11.7. The number of carboxylic acids is 1. The molecular formula is C16H18N2O4S2. The van der Waals surface area contributed by atoms with Crippen molar-refractivity contribution in [2.75, 3.05) is 17.8 Å². The number of benzene rings is 1. The Morgan fingerprint density at radius 3 is 2.92 bits per heavy atom. The maximum Gasteiger partial charge on any atom is 0.326 e. The number of thioether (sulfide) groups is 2. The van der Waals surface area contributed by atoms with Gasteiger partial charge in [-0.15, -0.1) is 11.8 Å². The Hall–Kier alpha value is -1.67. The van der Waals surface area contributed by atoms with Crippen LogP contribution in [0.15, 0.2) is 24.3 Å². The standard InChI is InChI=1S/C16H18N2O4S2/c1-23-7-6-11(16(21)22)17-13(19)12-8-24-15-10-5-3-2-4-9(10)14(20)18(12)15/h2-5,11-12,15H,6-8H2,1H3,(H,17,19)(H,21,22)/t11-,12-,15-/m1/s1. The molecule has 2 N–H and O–H groups in total. The van der Waals surface area contributed by atoms with E-state index < -0.39 is 18.1 Å². The molecule has 2 heterocycles. The molecule has 1 fully saturated rings. The number of carbonyl (C=O) groups is 3. The quantitative estimate of drug-likeness (QED) is 0.795. The van der Waals surface area contributed by atoms with Gasteiger partial charge in [-0.2, -0.15) is 11.8 Å². The number of carboxylic acid groups (broad SMARTS) is 1. The number of hydrogen-bond donors (Lipinski definition) is 2. The zero-order chi connectivity index (χ0) is 17.3. The van der Waals surface area contributed by atoms with Crippen molar-refractivity contribution in [3.63, 3.8) is 0 Å². The van der Waals surface area contributed by atoms with E-state index >= 15 is 0 Å². The molecule has 1 aromatic rings. The highest BCUT2D eigenvalue weighted by Gasteiger charge is 2.48. The lowest BCUT2D eigenvalue weighted by Crippen LogP contribution is -2.51. The summed E-state index contributed by atoms with van der Waals surface area (Å²) in [5.74, 6) is -0.467. The fraction of sp³-hybridized carbons (Fsp3) is 0.438. The zero-order valence-electron chi connectivity index (χ0n) is 13.1. The van der Waals surface area contributed by atoms with Crippen LogP contribution >= 0.6 is 23.5 Å². The van der Waals surface area contributed by atoms with Crippen LogP contribution in [0.2, 0.25) is 0 Å². The van der Waals surface area contributed by atoms with E-state index in [2.05, 4.69) is 5.32 Å². The first-order valence-corrected chi connectivity index (χ1v) is 10.0. The number of rotatable bonds is 6. The molecule has 0 aromatic heterocycles. The number of nitrogens with zero attached hydrogens (tertiary/aromatic N) is 1. The smallest absolute Gasteiger partial charge is 0.326 e. The predicted molar refractivity (Wildman–Crippen MR) is 94.2 cm³/mol. The summed E-state index contributed by atoms with van der Waals surface area (Å²) in [4.78, 5) is 38.1. The van der Waals surface area contributed by atoms with Crippen molar-refractivity contribution in [3.8, 4) is 0 Å². The second-order valence-electron chi connectivity index (χ2n) is 5.68. The van der Waals surface area contributed by atoms with Gasteiger partial charge in [0.1, 0.15) is 17.5 Å². The van der Waals surface area contributed by atoms with Crippen LogP contribution in [0.3, 0.4) is 0 Å². The van der Waals surface area contributed by atoms with Crippen LogP contribution in [0.4, 0.5) is 0 Å². The lowest BCUT2D eigenvalue weighted by Gasteiger charge is -2.24. The van der Waals surface area contributed by atoms with Crippen LogP contribution < -0.4 is 5.32 Å². The summed E-state index contributed by atoms with van der Waals surface area (Å²) in [7, 11) is 0. The lowest BCUT2D eigenvalue weighted by molar-refractivity contribution is -0.142. The predicted octanol–water partition coefficient (Wildman–Crippen LogP) is 1.58. The molecule has 3 atom stereocenters. The average Bonchev–Trinajstić information content (AvgIpc) is 3.12. The Labute approximate surface area is 148 Å². The number of hydrogen-bond acceptors (Lipinski definition) is 5. The molecule has 1 aromatic carbocycles. The monoisotopic (exact) mass is 366 g/mol. The summed E-state index contributed by atoms with van der Waals surface area (Å²) in [5.41, 5.74) is 1.56. The largest absolute Gasteiger partial charge is 0.480 e. The number of aliphatic carboxylic acids is 1. The molecule has 2 aliphatic heterocycles. The molecule has 6 nitrogen and oxygen atoms in total. The number of fused-ring (bicyclic) bond motifs is 3. The maximum atomic E-state index is 12.6. The molecule has 3 rings (SSSR count). The minimum absolute atomic E-state index is 0.154. The molecule has 1 saturated heterocycles. The van der Waals surface area contributed by atoms with Gasteiger partial charge in [-0.1, -0.05) is 18.2 Å². The Morgan fingerprint density at radius 1 is 1.46 bits per heavy atom. The Bertz CT molecular complexity index is 682. The van der Waals surface area contributed by atoms with E-state index in [0.29, 0.717) is 23.5 Å². The minimum atomic E-state index is -1.05. The van der Waals surface area contributed by atoms with Crippen LogP contribution in [0.1, 0.15) is 27.7 Å². The van der Waals surface area contributed by atoms with Gasteiger partial charge in [0.05, 0.1) is 0 Å². The van der Waals surface area contributed by atoms with Gasteiger partial charge in [0.15, 0.2) is 0 Å². The highest BCUT2D eigenvalue weighted by molar-refractivity contribution is 7.99. The molecule has 128 valence electrons. The van der Waals surface area contributed by atoms with Gasteiger partial charge in [0.25, 0.3) is 5.91 Å². The van der Waals surface area contributed by atoms with Crippen LogP contribution in [-0.2, 0) is 9.59 Å². The van der Waals surface area contributed by atoms with Crippen LogP contribution in [0.25, 0.3) is 0 Å². The van der Waals surface area contributed by atoms with E-state index in [1.54, 1.807) is 22.7 Å². The summed E-state index contributed by atoms with van der Waals surface area (Å²) < 4.78 is 0. The highest BCUT2D eigenvalue weighted by Crippen LogP contribution is 2.48. The maximum absolute atomic E-state index is 12.6. The molecule has 0 bridgehead atoms. The Balaban J connectivity index is 1.74. The molecule has 0 saturated carbocycles. The number of amides is 2. The molecule has 2 aliphatic rings. The van der Waals surface area contributed by atoms with Gasteiger partial charge < -0.3 is 15.3 Å². The van der Waals surface area contributed by atoms with Gasteiger partial charge in [-0.05, 0) is 30.1 Å². The van der Waals surface area contributed by atoms with Gasteiger partial charge >= 0.3 is 5.97 Å². The first-order valence-electron chi connectivity index (χ1n) is 7.60. The summed E-state index contributed by atoms with van der Waals surface area (Å²) in [6, 6.07) is 5.81. The zero-order valence-corrected chi connectivity index (χ0v) is 14.7. The first kappa shape index (κ1) is 17.2. The van der Waals surface area contributed by atoms with Crippen LogP contribution in [0.5, 0.6) is 0 Å². The molecule has 24 heavy (non-hydrogen) atoms. The molecule has 8 heteroatoms. The van der Waals surface area contributed by atoms with Crippen LogP contribution in [-0.4, -0.2) is 57.6 Å². The number of nitrogens with one attached hydrogen (secondary N) is 1. The molecule has 0 radical (unpaired) electrons. The van der Waals surface area contributed by atoms with Crippen molar-refractivity contribution in [3.05, 3.63) is 35.4 Å². The molecular weight excluding hydrogens is 348 g/mol. The van der Waals surface area contributed by atoms with Crippen molar-refractivity contribution >= 4 is 41.3 Å². The summed E-state index contributed by atoms with van der Waals surface area (Å²) in [6.07, 6.45) is 2.25. The fourth-order valence-corrected chi connectivity index (χ4v) is 4.94. The third-order valence-corrected chi connectivity index (χ3v) is 6.17. The normalized spacial score (nSPS) is 22.9. The van der Waals surface area contributed by atoms with E-state index in [1.165, 1.54) is 11.8 Å². The summed E-state index contributed by atoms with van der Waals surface area (Å²) in [6.45, 7) is 0. The highest BCUT2D eigenvalue weighted by atomic mass is 32.2. The molecule has 0 spiro atoms. The second kappa shape index (κ2) is 7.06. The second-order valence-corrected chi connectivity index (χ2v) is 7.78. The third-order valence-electron chi connectivity index (χ3n) is 4.22. The lowest BCUT2D eigenvalue weighted by atomic mass is 10.1. The first-order chi connectivity index (χ1) is 11.5. The Kier molecular flexibility index (Phi) is 5.05. The van der Waals surface area contributed by atoms with E-state index in [4.69, 9.17) is 0 Å². The van der Waals surface area contributed by atoms with Crippen molar-refractivity contribution < 1.29 is 19.5 Å². The average molecular weight is 366 g/mol.